The van der Waals surface area contributed by atoms with Crippen molar-refractivity contribution in [3.63, 3.8) is 0 Å². The fourth-order valence-corrected chi connectivity index (χ4v) is 3.28. The van der Waals surface area contributed by atoms with E-state index < -0.39 is 5.97 Å². The molecule has 0 radical (unpaired) electrons. The second kappa shape index (κ2) is 11.0. The van der Waals surface area contributed by atoms with Crippen molar-refractivity contribution in [1.82, 2.24) is 0 Å². The highest BCUT2D eigenvalue weighted by molar-refractivity contribution is 5.97. The third-order valence-electron chi connectivity index (χ3n) is 4.94. The van der Waals surface area contributed by atoms with Crippen molar-refractivity contribution < 1.29 is 19.1 Å². The second-order valence-electron chi connectivity index (χ2n) is 7.05. The normalized spacial score (nSPS) is 10.4. The van der Waals surface area contributed by atoms with Crippen LogP contribution in [-0.2, 0) is 29.0 Å². The number of aryl methyl sites for hydroxylation is 2. The molecule has 3 aromatic carbocycles. The van der Waals surface area contributed by atoms with E-state index in [0.717, 1.165) is 35.2 Å². The first-order valence-corrected chi connectivity index (χ1v) is 10.5. The topological polar surface area (TPSA) is 64.6 Å². The van der Waals surface area contributed by atoms with Crippen molar-refractivity contribution in [1.29, 1.82) is 0 Å². The lowest BCUT2D eigenvalue weighted by Crippen LogP contribution is -2.22. The van der Waals surface area contributed by atoms with Crippen LogP contribution in [0.25, 0.3) is 0 Å². The molecule has 0 saturated carbocycles. The first-order valence-electron chi connectivity index (χ1n) is 10.5. The van der Waals surface area contributed by atoms with Crippen LogP contribution in [-0.4, -0.2) is 18.5 Å². The summed E-state index contributed by atoms with van der Waals surface area (Å²) in [6.07, 6.45) is 1.60. The Morgan fingerprint density at radius 2 is 1.45 bits per heavy atom. The zero-order chi connectivity index (χ0) is 22.1. The zero-order valence-corrected chi connectivity index (χ0v) is 17.9. The monoisotopic (exact) mass is 417 g/mol. The molecule has 3 rings (SSSR count). The predicted octanol–water partition coefficient (Wildman–Crippen LogP) is 5.19. The van der Waals surface area contributed by atoms with Crippen LogP contribution in [0, 0.1) is 0 Å². The average Bonchev–Trinajstić information content (AvgIpc) is 2.82. The maximum atomic E-state index is 12.6. The number of hydrogen-bond donors (Lipinski definition) is 1. The molecular weight excluding hydrogens is 390 g/mol. The number of rotatable bonds is 9. The van der Waals surface area contributed by atoms with Crippen LogP contribution in [0.15, 0.2) is 72.8 Å². The number of amides is 1. The van der Waals surface area contributed by atoms with Crippen molar-refractivity contribution in [2.24, 2.45) is 0 Å². The van der Waals surface area contributed by atoms with Gasteiger partial charge in [0.15, 0.2) is 6.61 Å². The van der Waals surface area contributed by atoms with Gasteiger partial charge in [-0.2, -0.15) is 0 Å². The number of para-hydroxylation sites is 2. The summed E-state index contributed by atoms with van der Waals surface area (Å²) in [4.78, 5) is 25.1. The fourth-order valence-electron chi connectivity index (χ4n) is 3.28. The summed E-state index contributed by atoms with van der Waals surface area (Å²) in [7, 11) is 0. The van der Waals surface area contributed by atoms with Crippen LogP contribution in [0.2, 0.25) is 0 Å². The van der Waals surface area contributed by atoms with Gasteiger partial charge in [0.1, 0.15) is 17.9 Å². The van der Waals surface area contributed by atoms with Gasteiger partial charge >= 0.3 is 5.97 Å². The van der Waals surface area contributed by atoms with E-state index in [-0.39, 0.29) is 18.1 Å². The third-order valence-corrected chi connectivity index (χ3v) is 4.94. The summed E-state index contributed by atoms with van der Waals surface area (Å²) in [6.45, 7) is 4.04. The first-order chi connectivity index (χ1) is 15.1. The van der Waals surface area contributed by atoms with E-state index in [4.69, 9.17) is 9.47 Å². The van der Waals surface area contributed by atoms with Crippen LogP contribution < -0.4 is 10.1 Å². The lowest BCUT2D eigenvalue weighted by molar-refractivity contribution is -0.119. The Kier molecular flexibility index (Phi) is 7.82. The molecule has 1 amide bonds. The number of anilines is 1. The van der Waals surface area contributed by atoms with Crippen LogP contribution in [0.1, 0.15) is 40.9 Å². The van der Waals surface area contributed by atoms with Gasteiger partial charge in [0.2, 0.25) is 0 Å². The molecule has 0 unspecified atom stereocenters. The van der Waals surface area contributed by atoms with Gasteiger partial charge in [-0.15, -0.1) is 0 Å². The lowest BCUT2D eigenvalue weighted by atomic mass is 10.0. The summed E-state index contributed by atoms with van der Waals surface area (Å²) in [5.74, 6) is -0.550. The van der Waals surface area contributed by atoms with E-state index in [1.807, 2.05) is 62.4 Å². The van der Waals surface area contributed by atoms with Gasteiger partial charge < -0.3 is 14.8 Å². The molecule has 0 aliphatic rings. The standard InChI is InChI=1S/C26H27NO4/c1-3-20-13-10-14-21(4-2)25(20)27-24(28)18-31-26(29)22-15-8-9-16-23(22)30-17-19-11-6-5-7-12-19/h5-16H,3-4,17-18H2,1-2H3,(H,27,28). The van der Waals surface area contributed by atoms with Crippen LogP contribution >= 0.6 is 0 Å². The summed E-state index contributed by atoms with van der Waals surface area (Å²) >= 11 is 0. The SMILES string of the molecule is CCc1cccc(CC)c1NC(=O)COC(=O)c1ccccc1OCc1ccccc1. The van der Waals surface area contributed by atoms with Gasteiger partial charge in [0.05, 0.1) is 0 Å². The third kappa shape index (κ3) is 5.95. The van der Waals surface area contributed by atoms with Gasteiger partial charge in [0, 0.05) is 5.69 Å². The van der Waals surface area contributed by atoms with Crippen LogP contribution in [0.3, 0.4) is 0 Å². The fraction of sp³-hybridized carbons (Fsp3) is 0.231. The molecular formula is C26H27NO4. The molecule has 1 N–H and O–H groups in total. The largest absolute Gasteiger partial charge is 0.488 e. The molecule has 0 bridgehead atoms. The molecule has 0 aliphatic carbocycles. The Bertz CT molecular complexity index is 1010. The lowest BCUT2D eigenvalue weighted by Gasteiger charge is -2.15. The summed E-state index contributed by atoms with van der Waals surface area (Å²) < 4.78 is 11.1. The average molecular weight is 418 g/mol. The van der Waals surface area contributed by atoms with Crippen molar-refractivity contribution >= 4 is 17.6 Å². The van der Waals surface area contributed by atoms with E-state index in [2.05, 4.69) is 5.32 Å². The van der Waals surface area contributed by atoms with Crippen molar-refractivity contribution in [3.8, 4) is 5.75 Å². The van der Waals surface area contributed by atoms with E-state index >= 15 is 0 Å². The number of carbonyl (C=O) groups excluding carboxylic acids is 2. The van der Waals surface area contributed by atoms with E-state index in [1.54, 1.807) is 24.3 Å². The van der Waals surface area contributed by atoms with E-state index in [0.29, 0.717) is 12.4 Å². The number of ether oxygens (including phenoxy) is 2. The van der Waals surface area contributed by atoms with Crippen molar-refractivity contribution in [2.45, 2.75) is 33.3 Å². The number of carbonyl (C=O) groups is 2. The van der Waals surface area contributed by atoms with E-state index in [9.17, 15) is 9.59 Å². The smallest absolute Gasteiger partial charge is 0.342 e. The van der Waals surface area contributed by atoms with Gasteiger partial charge in [-0.05, 0) is 41.7 Å². The Morgan fingerprint density at radius 1 is 0.806 bits per heavy atom. The Labute approximate surface area is 183 Å². The number of benzene rings is 3. The molecule has 0 saturated heterocycles. The first kappa shape index (κ1) is 22.1. The van der Waals surface area contributed by atoms with Crippen LogP contribution in [0.5, 0.6) is 5.75 Å². The van der Waals surface area contributed by atoms with Gasteiger partial charge in [-0.1, -0.05) is 74.5 Å². The molecule has 160 valence electrons. The summed E-state index contributed by atoms with van der Waals surface area (Å²) in [6, 6.07) is 22.5. The highest BCUT2D eigenvalue weighted by Crippen LogP contribution is 2.23. The van der Waals surface area contributed by atoms with E-state index in [1.165, 1.54) is 0 Å². The number of hydrogen-bond acceptors (Lipinski definition) is 4. The molecule has 0 spiro atoms. The molecule has 0 heterocycles. The Morgan fingerprint density at radius 3 is 2.13 bits per heavy atom. The molecule has 31 heavy (non-hydrogen) atoms. The highest BCUT2D eigenvalue weighted by Gasteiger charge is 2.16. The summed E-state index contributed by atoms with van der Waals surface area (Å²) in [5, 5.41) is 2.90. The highest BCUT2D eigenvalue weighted by atomic mass is 16.5. The van der Waals surface area contributed by atoms with Gasteiger partial charge in [-0.25, -0.2) is 4.79 Å². The molecule has 0 fully saturated rings. The van der Waals surface area contributed by atoms with Crippen LogP contribution in [0.4, 0.5) is 5.69 Å². The predicted molar refractivity (Wildman–Crippen MR) is 121 cm³/mol. The van der Waals surface area contributed by atoms with Gasteiger partial charge in [0.25, 0.3) is 5.91 Å². The zero-order valence-electron chi connectivity index (χ0n) is 17.9. The molecule has 0 aliphatic heterocycles. The minimum atomic E-state index is -0.599. The van der Waals surface area contributed by atoms with Gasteiger partial charge in [-0.3, -0.25) is 4.79 Å². The van der Waals surface area contributed by atoms with Crippen molar-refractivity contribution in [3.05, 3.63) is 95.1 Å². The van der Waals surface area contributed by atoms with Crippen molar-refractivity contribution in [2.75, 3.05) is 11.9 Å². The molecule has 0 atom stereocenters. The number of nitrogens with one attached hydrogen (secondary N) is 1. The molecule has 0 aromatic heterocycles. The summed E-state index contributed by atoms with van der Waals surface area (Å²) in [5.41, 5.74) is 4.19. The second-order valence-corrected chi connectivity index (χ2v) is 7.05. The quantitative estimate of drug-likeness (QED) is 0.487. The molecule has 5 heteroatoms. The minimum Gasteiger partial charge on any atom is -0.488 e. The number of esters is 1. The molecule has 5 nitrogen and oxygen atoms in total. The Hall–Kier alpha value is -3.60. The minimum absolute atomic E-state index is 0.287. The molecule has 3 aromatic rings. The maximum absolute atomic E-state index is 12.6. The Balaban J connectivity index is 1.62. The maximum Gasteiger partial charge on any atom is 0.342 e.